The van der Waals surface area contributed by atoms with E-state index in [2.05, 4.69) is 0 Å². The molecule has 0 saturated heterocycles. The lowest BCUT2D eigenvalue weighted by atomic mass is 10.2. The van der Waals surface area contributed by atoms with Crippen molar-refractivity contribution >= 4 is 16.9 Å². The van der Waals surface area contributed by atoms with Crippen LogP contribution in [0.25, 0.3) is 11.0 Å². The summed E-state index contributed by atoms with van der Waals surface area (Å²) in [5.74, 6) is -2.13. The Balaban J connectivity index is 1.89. The summed E-state index contributed by atoms with van der Waals surface area (Å²) in [6.07, 6.45) is 0. The molecule has 24 heavy (non-hydrogen) atoms. The summed E-state index contributed by atoms with van der Waals surface area (Å²) in [5.41, 5.74) is 0.131. The smallest absolute Gasteiger partial charge is 0.289 e. The van der Waals surface area contributed by atoms with Crippen LogP contribution in [0.1, 0.15) is 16.1 Å². The van der Waals surface area contributed by atoms with Gasteiger partial charge in [0.15, 0.2) is 11.2 Å². The van der Waals surface area contributed by atoms with Crippen LogP contribution in [0.15, 0.2) is 57.7 Å². The minimum Gasteiger partial charge on any atom is -0.451 e. The third kappa shape index (κ3) is 3.03. The van der Waals surface area contributed by atoms with Crippen LogP contribution >= 0.6 is 0 Å². The zero-order valence-electron chi connectivity index (χ0n) is 12.8. The van der Waals surface area contributed by atoms with Gasteiger partial charge in [-0.05, 0) is 18.2 Å². The summed E-state index contributed by atoms with van der Waals surface area (Å²) in [6, 6.07) is 10.8. The lowest BCUT2D eigenvalue weighted by Gasteiger charge is -2.17. The number of para-hydroxylation sites is 1. The predicted octanol–water partition coefficient (Wildman–Crippen LogP) is 3.34. The van der Waals surface area contributed by atoms with Crippen LogP contribution in [0, 0.1) is 11.6 Å². The molecule has 2 aromatic carbocycles. The first-order valence-corrected chi connectivity index (χ1v) is 7.18. The van der Waals surface area contributed by atoms with E-state index in [1.807, 2.05) is 0 Å². The number of amides is 1. The Labute approximate surface area is 135 Å². The average molecular weight is 329 g/mol. The molecular formula is C18H13F2NO3. The lowest BCUT2D eigenvalue weighted by molar-refractivity contribution is 0.0752. The van der Waals surface area contributed by atoms with Gasteiger partial charge in [0, 0.05) is 31.3 Å². The van der Waals surface area contributed by atoms with Crippen molar-refractivity contribution in [3.8, 4) is 0 Å². The van der Waals surface area contributed by atoms with Gasteiger partial charge in [-0.1, -0.05) is 18.2 Å². The second-order valence-electron chi connectivity index (χ2n) is 5.37. The van der Waals surface area contributed by atoms with Crippen molar-refractivity contribution in [1.29, 1.82) is 0 Å². The molecule has 0 radical (unpaired) electrons. The average Bonchev–Trinajstić information content (AvgIpc) is 2.56. The summed E-state index contributed by atoms with van der Waals surface area (Å²) in [4.78, 5) is 25.7. The van der Waals surface area contributed by atoms with Crippen LogP contribution in [0.5, 0.6) is 0 Å². The second-order valence-corrected chi connectivity index (χ2v) is 5.37. The van der Waals surface area contributed by atoms with Crippen molar-refractivity contribution in [2.75, 3.05) is 7.05 Å². The monoisotopic (exact) mass is 329 g/mol. The van der Waals surface area contributed by atoms with Crippen LogP contribution in [0.2, 0.25) is 0 Å². The maximum Gasteiger partial charge on any atom is 0.289 e. The fourth-order valence-electron chi connectivity index (χ4n) is 2.37. The van der Waals surface area contributed by atoms with Gasteiger partial charge in [-0.15, -0.1) is 0 Å². The van der Waals surface area contributed by atoms with E-state index in [0.717, 1.165) is 18.2 Å². The molecule has 0 bridgehead atoms. The fraction of sp³-hybridized carbons (Fsp3) is 0.111. The Bertz CT molecular complexity index is 981. The molecule has 0 saturated carbocycles. The maximum atomic E-state index is 13.7. The quantitative estimate of drug-likeness (QED) is 0.740. The number of rotatable bonds is 3. The van der Waals surface area contributed by atoms with E-state index >= 15 is 0 Å². The molecular weight excluding hydrogens is 316 g/mol. The van der Waals surface area contributed by atoms with E-state index in [1.54, 1.807) is 24.3 Å². The number of carbonyl (C=O) groups excluding carboxylic acids is 1. The zero-order valence-corrected chi connectivity index (χ0v) is 12.8. The molecule has 1 aromatic heterocycles. The van der Waals surface area contributed by atoms with Gasteiger partial charge in [0.1, 0.15) is 17.2 Å². The molecule has 0 aliphatic heterocycles. The first-order chi connectivity index (χ1) is 11.5. The van der Waals surface area contributed by atoms with Gasteiger partial charge >= 0.3 is 0 Å². The van der Waals surface area contributed by atoms with Gasteiger partial charge in [-0.25, -0.2) is 8.78 Å². The van der Waals surface area contributed by atoms with E-state index < -0.39 is 17.5 Å². The van der Waals surface area contributed by atoms with E-state index in [-0.39, 0.29) is 23.3 Å². The van der Waals surface area contributed by atoms with E-state index in [1.165, 1.54) is 18.0 Å². The van der Waals surface area contributed by atoms with Crippen LogP contribution in [0.4, 0.5) is 8.78 Å². The number of halogens is 2. The highest BCUT2D eigenvalue weighted by Gasteiger charge is 2.18. The molecule has 3 rings (SSSR count). The van der Waals surface area contributed by atoms with Crippen LogP contribution < -0.4 is 5.43 Å². The maximum absolute atomic E-state index is 13.7. The summed E-state index contributed by atoms with van der Waals surface area (Å²) < 4.78 is 32.1. The fourth-order valence-corrected chi connectivity index (χ4v) is 2.37. The third-order valence-electron chi connectivity index (χ3n) is 3.61. The Kier molecular flexibility index (Phi) is 4.12. The Hall–Kier alpha value is -3.02. The molecule has 0 aliphatic carbocycles. The molecule has 0 spiro atoms. The molecule has 3 aromatic rings. The molecule has 0 N–H and O–H groups in total. The van der Waals surface area contributed by atoms with Gasteiger partial charge in [-0.2, -0.15) is 0 Å². The molecule has 0 atom stereocenters. The topological polar surface area (TPSA) is 50.5 Å². The predicted molar refractivity (Wildman–Crippen MR) is 84.6 cm³/mol. The molecule has 1 heterocycles. The number of nitrogens with zero attached hydrogens (tertiary/aromatic N) is 1. The second kappa shape index (κ2) is 6.23. The molecule has 1 amide bonds. The largest absolute Gasteiger partial charge is 0.451 e. The Morgan fingerprint density at radius 2 is 1.88 bits per heavy atom. The van der Waals surface area contributed by atoms with Crippen molar-refractivity contribution in [3.05, 3.63) is 81.7 Å². The van der Waals surface area contributed by atoms with Gasteiger partial charge in [-0.3, -0.25) is 9.59 Å². The first kappa shape index (κ1) is 15.9. The number of hydrogen-bond donors (Lipinski definition) is 0. The van der Waals surface area contributed by atoms with E-state index in [9.17, 15) is 18.4 Å². The molecule has 6 heteroatoms. The van der Waals surface area contributed by atoms with Gasteiger partial charge in [0.2, 0.25) is 0 Å². The summed E-state index contributed by atoms with van der Waals surface area (Å²) in [7, 11) is 1.44. The highest BCUT2D eigenvalue weighted by molar-refractivity contribution is 5.93. The van der Waals surface area contributed by atoms with Gasteiger partial charge in [0.25, 0.3) is 5.91 Å². The Morgan fingerprint density at radius 3 is 2.62 bits per heavy atom. The zero-order chi connectivity index (χ0) is 17.3. The van der Waals surface area contributed by atoms with E-state index in [0.29, 0.717) is 11.0 Å². The Morgan fingerprint density at radius 1 is 1.12 bits per heavy atom. The summed E-state index contributed by atoms with van der Waals surface area (Å²) in [6.45, 7) is -0.0819. The van der Waals surface area contributed by atoms with Crippen molar-refractivity contribution in [1.82, 2.24) is 4.90 Å². The number of hydrogen-bond acceptors (Lipinski definition) is 3. The van der Waals surface area contributed by atoms with Gasteiger partial charge < -0.3 is 9.32 Å². The van der Waals surface area contributed by atoms with Crippen molar-refractivity contribution in [2.24, 2.45) is 0 Å². The third-order valence-corrected chi connectivity index (χ3v) is 3.61. The number of carbonyl (C=O) groups is 1. The van der Waals surface area contributed by atoms with Crippen LogP contribution in [0.3, 0.4) is 0 Å². The van der Waals surface area contributed by atoms with Gasteiger partial charge in [0.05, 0.1) is 5.39 Å². The van der Waals surface area contributed by atoms with Crippen molar-refractivity contribution in [3.63, 3.8) is 0 Å². The molecule has 4 nitrogen and oxygen atoms in total. The standard InChI is InChI=1S/C18H13F2NO3/c1-21(10-11-6-7-12(19)8-14(11)20)18(23)17-9-15(22)13-4-2-3-5-16(13)24-17/h2-9H,10H2,1H3. The lowest BCUT2D eigenvalue weighted by Crippen LogP contribution is -2.27. The van der Waals surface area contributed by atoms with Crippen molar-refractivity contribution in [2.45, 2.75) is 6.54 Å². The molecule has 0 aliphatic rings. The number of benzene rings is 2. The molecule has 0 unspecified atom stereocenters. The SMILES string of the molecule is CN(Cc1ccc(F)cc1F)C(=O)c1cc(=O)c2ccccc2o1. The molecule has 122 valence electrons. The first-order valence-electron chi connectivity index (χ1n) is 7.18. The van der Waals surface area contributed by atoms with Crippen LogP contribution in [-0.2, 0) is 6.54 Å². The summed E-state index contributed by atoms with van der Waals surface area (Å²) in [5, 5.41) is 0.376. The number of fused-ring (bicyclic) bond motifs is 1. The minimum absolute atomic E-state index is 0.0819. The highest BCUT2D eigenvalue weighted by atomic mass is 19.1. The summed E-state index contributed by atoms with van der Waals surface area (Å²) >= 11 is 0. The normalized spacial score (nSPS) is 10.8. The highest BCUT2D eigenvalue weighted by Crippen LogP contribution is 2.16. The van der Waals surface area contributed by atoms with E-state index in [4.69, 9.17) is 4.42 Å². The van der Waals surface area contributed by atoms with Crippen molar-refractivity contribution < 1.29 is 18.0 Å². The minimum atomic E-state index is -0.741. The molecule has 0 fully saturated rings. The van der Waals surface area contributed by atoms with Crippen LogP contribution in [-0.4, -0.2) is 17.9 Å².